The maximum atomic E-state index is 12.9. The lowest BCUT2D eigenvalue weighted by atomic mass is 9.89. The topological polar surface area (TPSA) is 53.7 Å². The zero-order valence-corrected chi connectivity index (χ0v) is 18.8. The predicted molar refractivity (Wildman–Crippen MR) is 125 cm³/mol. The van der Waals surface area contributed by atoms with Gasteiger partial charge in [0.25, 0.3) is 0 Å². The van der Waals surface area contributed by atoms with Gasteiger partial charge in [0, 0.05) is 38.3 Å². The summed E-state index contributed by atoms with van der Waals surface area (Å²) in [6, 6.07) is 10.6. The Bertz CT molecular complexity index is 1140. The van der Waals surface area contributed by atoms with Crippen molar-refractivity contribution in [2.45, 2.75) is 62.9 Å². The first kappa shape index (κ1) is 19.9. The molecule has 0 spiro atoms. The highest BCUT2D eigenvalue weighted by Crippen LogP contribution is 2.46. The quantitative estimate of drug-likeness (QED) is 0.603. The Labute approximate surface area is 189 Å². The van der Waals surface area contributed by atoms with E-state index in [2.05, 4.69) is 51.7 Å². The molecule has 2 aliphatic heterocycles. The van der Waals surface area contributed by atoms with Gasteiger partial charge in [0.05, 0.1) is 23.5 Å². The van der Waals surface area contributed by atoms with Gasteiger partial charge in [-0.1, -0.05) is 12.1 Å². The average Bonchev–Trinajstić information content (AvgIpc) is 3.58. The summed E-state index contributed by atoms with van der Waals surface area (Å²) in [5.74, 6) is 2.13. The van der Waals surface area contributed by atoms with E-state index in [-0.39, 0.29) is 12.1 Å². The van der Waals surface area contributed by atoms with Gasteiger partial charge in [-0.15, -0.1) is 0 Å². The van der Waals surface area contributed by atoms with Crippen LogP contribution in [0.3, 0.4) is 0 Å². The van der Waals surface area contributed by atoms with E-state index < -0.39 is 0 Å². The van der Waals surface area contributed by atoms with Crippen molar-refractivity contribution in [3.05, 3.63) is 59.7 Å². The summed E-state index contributed by atoms with van der Waals surface area (Å²) in [6.45, 7) is 2.19. The number of imidazole rings is 1. The highest BCUT2D eigenvalue weighted by atomic mass is 16.1. The zero-order valence-electron chi connectivity index (χ0n) is 18.8. The van der Waals surface area contributed by atoms with Gasteiger partial charge in [0.1, 0.15) is 17.2 Å². The number of Topliss-reactive ketones (excluding diaryl/α,β-unsaturated/α-hetero) is 1. The molecule has 1 saturated carbocycles. The third-order valence-electron chi connectivity index (χ3n) is 7.54. The van der Waals surface area contributed by atoms with Gasteiger partial charge < -0.3 is 4.90 Å². The molecule has 2 atom stereocenters. The lowest BCUT2D eigenvalue weighted by Gasteiger charge is -2.38. The SMILES string of the molecule is CN1C(c2cn3c(N4CCCCC4)cccc3n2)CC(=O)CC1c1ncccc1C1CC1. The standard InChI is InChI=1S/C26H31N5O/c1-29-22(15-19(32)16-23(29)26-20(18-10-11-18)7-6-12-27-26)21-17-31-24(28-21)8-5-9-25(31)30-13-3-2-4-14-30/h5-9,12,17-18,22-23H,2-4,10-11,13-16H2,1H3. The molecule has 0 amide bonds. The van der Waals surface area contributed by atoms with E-state index in [1.54, 1.807) is 0 Å². The number of ketones is 1. The second kappa shape index (κ2) is 8.00. The fourth-order valence-electron chi connectivity index (χ4n) is 5.63. The summed E-state index contributed by atoms with van der Waals surface area (Å²) in [5, 5.41) is 0. The molecule has 3 aliphatic rings. The Morgan fingerprint density at radius 1 is 0.969 bits per heavy atom. The number of carbonyl (C=O) groups is 1. The summed E-state index contributed by atoms with van der Waals surface area (Å²) in [5.41, 5.74) is 4.37. The van der Waals surface area contributed by atoms with E-state index in [1.165, 1.54) is 43.5 Å². The molecule has 3 fully saturated rings. The molecule has 166 valence electrons. The summed E-state index contributed by atoms with van der Waals surface area (Å²) >= 11 is 0. The van der Waals surface area contributed by atoms with Crippen molar-refractivity contribution in [1.29, 1.82) is 0 Å². The number of aromatic nitrogens is 3. The number of piperidine rings is 2. The third-order valence-corrected chi connectivity index (χ3v) is 7.54. The maximum absolute atomic E-state index is 12.9. The smallest absolute Gasteiger partial charge is 0.138 e. The number of anilines is 1. The molecule has 32 heavy (non-hydrogen) atoms. The molecule has 2 unspecified atom stereocenters. The van der Waals surface area contributed by atoms with E-state index >= 15 is 0 Å². The van der Waals surface area contributed by atoms with Gasteiger partial charge in [-0.3, -0.25) is 19.1 Å². The molecule has 0 N–H and O–H groups in total. The second-order valence-corrected chi connectivity index (χ2v) is 9.72. The first-order valence-corrected chi connectivity index (χ1v) is 12.1. The van der Waals surface area contributed by atoms with Crippen molar-refractivity contribution >= 4 is 17.2 Å². The van der Waals surface area contributed by atoms with Gasteiger partial charge in [-0.2, -0.15) is 0 Å². The van der Waals surface area contributed by atoms with Crippen LogP contribution >= 0.6 is 0 Å². The molecular weight excluding hydrogens is 398 g/mol. The molecule has 6 heteroatoms. The van der Waals surface area contributed by atoms with Gasteiger partial charge >= 0.3 is 0 Å². The number of fused-ring (bicyclic) bond motifs is 1. The van der Waals surface area contributed by atoms with Gasteiger partial charge in [-0.25, -0.2) is 4.98 Å². The maximum Gasteiger partial charge on any atom is 0.138 e. The largest absolute Gasteiger partial charge is 0.358 e. The van der Waals surface area contributed by atoms with Crippen molar-refractivity contribution < 1.29 is 4.79 Å². The van der Waals surface area contributed by atoms with Gasteiger partial charge in [0.15, 0.2) is 0 Å². The molecule has 1 aliphatic carbocycles. The summed E-state index contributed by atoms with van der Waals surface area (Å²) in [6.07, 6.45) is 11.4. The first-order chi connectivity index (χ1) is 15.7. The number of hydrogen-bond acceptors (Lipinski definition) is 5. The lowest BCUT2D eigenvalue weighted by molar-refractivity contribution is -0.125. The molecule has 3 aromatic heterocycles. The van der Waals surface area contributed by atoms with Crippen molar-refractivity contribution in [1.82, 2.24) is 19.3 Å². The summed E-state index contributed by atoms with van der Waals surface area (Å²) in [7, 11) is 2.14. The van der Waals surface area contributed by atoms with Crippen LogP contribution in [0.25, 0.3) is 5.65 Å². The number of likely N-dealkylation sites (tertiary alicyclic amines) is 1. The monoisotopic (exact) mass is 429 g/mol. The number of rotatable bonds is 4. The Hall–Kier alpha value is -2.73. The van der Waals surface area contributed by atoms with Crippen LogP contribution in [-0.4, -0.2) is 45.2 Å². The molecule has 6 rings (SSSR count). The first-order valence-electron chi connectivity index (χ1n) is 12.1. The molecule has 0 aromatic carbocycles. The highest BCUT2D eigenvalue weighted by molar-refractivity contribution is 5.81. The number of hydrogen-bond donors (Lipinski definition) is 0. The van der Waals surface area contributed by atoms with E-state index in [0.717, 1.165) is 30.1 Å². The molecule has 0 bridgehead atoms. The molecule has 5 heterocycles. The van der Waals surface area contributed by atoms with Gasteiger partial charge in [-0.05, 0) is 68.8 Å². The van der Waals surface area contributed by atoms with Crippen LogP contribution in [0.2, 0.25) is 0 Å². The molecule has 0 radical (unpaired) electrons. The van der Waals surface area contributed by atoms with E-state index in [4.69, 9.17) is 9.97 Å². The van der Waals surface area contributed by atoms with Crippen molar-refractivity contribution in [2.24, 2.45) is 0 Å². The Morgan fingerprint density at radius 3 is 2.59 bits per heavy atom. The van der Waals surface area contributed by atoms with E-state index in [9.17, 15) is 4.79 Å². The Balaban J connectivity index is 1.36. The highest BCUT2D eigenvalue weighted by Gasteiger charge is 2.39. The van der Waals surface area contributed by atoms with Crippen molar-refractivity contribution in [3.8, 4) is 0 Å². The van der Waals surface area contributed by atoms with Crippen LogP contribution in [0.4, 0.5) is 5.82 Å². The minimum Gasteiger partial charge on any atom is -0.358 e. The van der Waals surface area contributed by atoms with Gasteiger partial charge in [0.2, 0.25) is 0 Å². The van der Waals surface area contributed by atoms with Crippen LogP contribution in [0.5, 0.6) is 0 Å². The molecule has 3 aromatic rings. The van der Waals surface area contributed by atoms with Crippen LogP contribution in [0.1, 0.15) is 79.9 Å². The van der Waals surface area contributed by atoms with Crippen molar-refractivity contribution in [3.63, 3.8) is 0 Å². The summed E-state index contributed by atoms with van der Waals surface area (Å²) in [4.78, 5) is 27.5. The molecule has 2 saturated heterocycles. The van der Waals surface area contributed by atoms with Crippen LogP contribution in [-0.2, 0) is 4.79 Å². The number of pyridine rings is 2. The van der Waals surface area contributed by atoms with Crippen LogP contribution < -0.4 is 4.90 Å². The Kier molecular flexibility index (Phi) is 4.98. The van der Waals surface area contributed by atoms with E-state index in [1.807, 2.05) is 12.3 Å². The minimum absolute atomic E-state index is 0.0180. The van der Waals surface area contributed by atoms with Crippen LogP contribution in [0, 0.1) is 0 Å². The Morgan fingerprint density at radius 2 is 1.78 bits per heavy atom. The average molecular weight is 430 g/mol. The normalized spacial score (nSPS) is 24.9. The van der Waals surface area contributed by atoms with Crippen molar-refractivity contribution in [2.75, 3.05) is 25.0 Å². The molecule has 6 nitrogen and oxygen atoms in total. The van der Waals surface area contributed by atoms with E-state index in [0.29, 0.717) is 24.5 Å². The second-order valence-electron chi connectivity index (χ2n) is 9.72. The molecular formula is C26H31N5O. The fraction of sp³-hybridized carbons (Fsp3) is 0.500. The van der Waals surface area contributed by atoms with Crippen LogP contribution in [0.15, 0.2) is 42.7 Å². The predicted octanol–water partition coefficient (Wildman–Crippen LogP) is 4.67. The zero-order chi connectivity index (χ0) is 21.7. The minimum atomic E-state index is -0.0237. The third kappa shape index (κ3) is 3.51. The number of nitrogens with zero attached hydrogens (tertiary/aromatic N) is 5. The fourth-order valence-corrected chi connectivity index (χ4v) is 5.63. The summed E-state index contributed by atoms with van der Waals surface area (Å²) < 4.78 is 2.22. The number of carbonyl (C=O) groups excluding carboxylic acids is 1. The lowest BCUT2D eigenvalue weighted by Crippen LogP contribution is -2.38.